The van der Waals surface area contributed by atoms with Crippen LogP contribution in [0.1, 0.15) is 11.1 Å². The molecule has 0 aliphatic heterocycles. The Hall–Kier alpha value is -0.650. The first-order valence-corrected chi connectivity index (χ1v) is 7.39. The van der Waals surface area contributed by atoms with Gasteiger partial charge in [-0.25, -0.2) is 0 Å². The first kappa shape index (κ1) is 17.4. The van der Waals surface area contributed by atoms with Crippen LogP contribution in [-0.2, 0) is 26.6 Å². The van der Waals surface area contributed by atoms with Gasteiger partial charge in [0.15, 0.2) is 0 Å². The molecule has 0 saturated heterocycles. The molecule has 0 aromatic heterocycles. The molecule has 4 nitrogen and oxygen atoms in total. The smallest absolute Gasteiger partial charge is 0.0701 e. The monoisotopic (exact) mass is 301 g/mol. The maximum Gasteiger partial charge on any atom is 0.0701 e. The fourth-order valence-corrected chi connectivity index (χ4v) is 1.83. The molecular weight excluding hydrogens is 278 g/mol. The van der Waals surface area contributed by atoms with Crippen LogP contribution in [0.15, 0.2) is 24.3 Å². The van der Waals surface area contributed by atoms with Gasteiger partial charge in [0.1, 0.15) is 0 Å². The Morgan fingerprint density at radius 2 is 1.70 bits per heavy atom. The van der Waals surface area contributed by atoms with Gasteiger partial charge in [0, 0.05) is 26.1 Å². The number of benzene rings is 1. The Balaban J connectivity index is 1.94. The minimum Gasteiger partial charge on any atom is -0.382 e. The van der Waals surface area contributed by atoms with Gasteiger partial charge in [0.2, 0.25) is 0 Å². The topological polar surface area (TPSA) is 39.7 Å². The molecule has 5 heteroatoms. The predicted molar refractivity (Wildman–Crippen MR) is 81.2 cm³/mol. The first-order chi connectivity index (χ1) is 9.86. The summed E-state index contributed by atoms with van der Waals surface area (Å²) >= 11 is 5.80. The molecule has 0 heterocycles. The lowest BCUT2D eigenvalue weighted by molar-refractivity contribution is 0.0255. The third-order valence-corrected chi connectivity index (χ3v) is 3.01. The third kappa shape index (κ3) is 8.51. The van der Waals surface area contributed by atoms with E-state index in [2.05, 4.69) is 17.4 Å². The van der Waals surface area contributed by atoms with Gasteiger partial charge in [-0.1, -0.05) is 24.3 Å². The molecule has 1 aromatic rings. The van der Waals surface area contributed by atoms with E-state index in [9.17, 15) is 0 Å². The summed E-state index contributed by atoms with van der Waals surface area (Å²) in [4.78, 5) is 0. The molecule has 0 saturated carbocycles. The quantitative estimate of drug-likeness (QED) is 0.474. The first-order valence-electron chi connectivity index (χ1n) is 6.85. The molecule has 0 unspecified atom stereocenters. The van der Waals surface area contributed by atoms with Crippen molar-refractivity contribution in [1.29, 1.82) is 0 Å². The predicted octanol–water partition coefficient (Wildman–Crippen LogP) is 2.19. The van der Waals surface area contributed by atoms with Crippen molar-refractivity contribution >= 4 is 11.6 Å². The van der Waals surface area contributed by atoms with Crippen molar-refractivity contribution in [3.63, 3.8) is 0 Å². The average molecular weight is 302 g/mol. The normalized spacial score (nSPS) is 10.9. The Morgan fingerprint density at radius 3 is 2.45 bits per heavy atom. The number of methoxy groups -OCH3 is 1. The Morgan fingerprint density at radius 1 is 1.00 bits per heavy atom. The number of nitrogens with one attached hydrogen (secondary N) is 1. The van der Waals surface area contributed by atoms with Gasteiger partial charge in [0.25, 0.3) is 0 Å². The standard InChI is InChI=1S/C15H24ClNO3/c1-18-7-8-20-10-9-19-6-5-17-13-15-4-2-3-14(11-15)12-16/h2-4,11,17H,5-10,12-13H2,1H3. The van der Waals surface area contributed by atoms with Crippen molar-refractivity contribution in [2.75, 3.05) is 46.7 Å². The summed E-state index contributed by atoms with van der Waals surface area (Å²) in [6, 6.07) is 8.27. The second-order valence-electron chi connectivity index (χ2n) is 4.35. The van der Waals surface area contributed by atoms with Gasteiger partial charge in [-0.2, -0.15) is 0 Å². The van der Waals surface area contributed by atoms with Crippen molar-refractivity contribution in [1.82, 2.24) is 5.32 Å². The summed E-state index contributed by atoms with van der Waals surface area (Å²) in [5.41, 5.74) is 2.39. The number of rotatable bonds is 12. The van der Waals surface area contributed by atoms with E-state index in [1.807, 2.05) is 12.1 Å². The minimum atomic E-state index is 0.556. The second-order valence-corrected chi connectivity index (χ2v) is 4.62. The molecule has 1 aromatic carbocycles. The number of ether oxygens (including phenoxy) is 3. The summed E-state index contributed by atoms with van der Waals surface area (Å²) in [6.45, 7) is 4.82. The lowest BCUT2D eigenvalue weighted by Gasteiger charge is -2.07. The second kappa shape index (κ2) is 12.1. The van der Waals surface area contributed by atoms with Gasteiger partial charge in [-0.3, -0.25) is 0 Å². The van der Waals surface area contributed by atoms with Crippen molar-refractivity contribution in [3.05, 3.63) is 35.4 Å². The van der Waals surface area contributed by atoms with Gasteiger partial charge in [-0.15, -0.1) is 11.6 Å². The lowest BCUT2D eigenvalue weighted by Crippen LogP contribution is -2.20. The lowest BCUT2D eigenvalue weighted by atomic mass is 10.1. The third-order valence-electron chi connectivity index (χ3n) is 2.70. The molecule has 0 aliphatic rings. The highest BCUT2D eigenvalue weighted by atomic mass is 35.5. The molecule has 1 N–H and O–H groups in total. The van der Waals surface area contributed by atoms with Crippen LogP contribution in [0.3, 0.4) is 0 Å². The van der Waals surface area contributed by atoms with Crippen LogP contribution in [0.2, 0.25) is 0 Å². The van der Waals surface area contributed by atoms with Crippen molar-refractivity contribution in [3.8, 4) is 0 Å². The van der Waals surface area contributed by atoms with E-state index in [-0.39, 0.29) is 0 Å². The number of halogens is 1. The van der Waals surface area contributed by atoms with Crippen LogP contribution in [0, 0.1) is 0 Å². The number of hydrogen-bond donors (Lipinski definition) is 1. The summed E-state index contributed by atoms with van der Waals surface area (Å²) in [5, 5.41) is 3.34. The Bertz CT molecular complexity index is 350. The van der Waals surface area contributed by atoms with Crippen LogP contribution < -0.4 is 5.32 Å². The highest BCUT2D eigenvalue weighted by Crippen LogP contribution is 2.07. The summed E-state index contributed by atoms with van der Waals surface area (Å²) in [5.74, 6) is 0.556. The fraction of sp³-hybridized carbons (Fsp3) is 0.600. The van der Waals surface area contributed by atoms with Gasteiger partial charge in [0.05, 0.1) is 33.0 Å². The molecule has 1 rings (SSSR count). The highest BCUT2D eigenvalue weighted by molar-refractivity contribution is 6.17. The van der Waals surface area contributed by atoms with Crippen LogP contribution in [0.4, 0.5) is 0 Å². The maximum atomic E-state index is 5.80. The highest BCUT2D eigenvalue weighted by Gasteiger charge is 1.95. The van der Waals surface area contributed by atoms with E-state index in [4.69, 9.17) is 25.8 Å². The summed E-state index contributed by atoms with van der Waals surface area (Å²) in [6.07, 6.45) is 0. The maximum absolute atomic E-state index is 5.80. The van der Waals surface area contributed by atoms with Crippen LogP contribution in [-0.4, -0.2) is 46.7 Å². The van der Waals surface area contributed by atoms with Crippen LogP contribution in [0.5, 0.6) is 0 Å². The van der Waals surface area contributed by atoms with Crippen LogP contribution in [0.25, 0.3) is 0 Å². The largest absolute Gasteiger partial charge is 0.382 e. The zero-order valence-electron chi connectivity index (χ0n) is 12.1. The molecule has 0 fully saturated rings. The number of alkyl halides is 1. The molecule has 0 atom stereocenters. The van der Waals surface area contributed by atoms with E-state index in [0.717, 1.165) is 18.7 Å². The molecule has 114 valence electrons. The van der Waals surface area contributed by atoms with Crippen molar-refractivity contribution in [2.24, 2.45) is 0 Å². The van der Waals surface area contributed by atoms with E-state index >= 15 is 0 Å². The Labute approximate surface area is 126 Å². The Kier molecular flexibility index (Phi) is 10.5. The number of hydrogen-bond acceptors (Lipinski definition) is 4. The zero-order chi connectivity index (χ0) is 14.5. The average Bonchev–Trinajstić information content (AvgIpc) is 2.49. The molecular formula is C15H24ClNO3. The molecule has 0 radical (unpaired) electrons. The summed E-state index contributed by atoms with van der Waals surface area (Å²) < 4.78 is 15.6. The molecule has 20 heavy (non-hydrogen) atoms. The molecule has 0 spiro atoms. The minimum absolute atomic E-state index is 0.556. The van der Waals surface area contributed by atoms with Crippen molar-refractivity contribution in [2.45, 2.75) is 12.4 Å². The molecule has 0 bridgehead atoms. The van der Waals surface area contributed by atoms with E-state index in [1.54, 1.807) is 7.11 Å². The zero-order valence-corrected chi connectivity index (χ0v) is 12.8. The van der Waals surface area contributed by atoms with Crippen LogP contribution >= 0.6 is 11.6 Å². The molecule has 0 aliphatic carbocycles. The van der Waals surface area contributed by atoms with E-state index in [1.165, 1.54) is 5.56 Å². The van der Waals surface area contributed by atoms with Gasteiger partial charge >= 0.3 is 0 Å². The van der Waals surface area contributed by atoms with E-state index < -0.39 is 0 Å². The SMILES string of the molecule is COCCOCCOCCNCc1cccc(CCl)c1. The molecule has 0 amide bonds. The van der Waals surface area contributed by atoms with Gasteiger partial charge < -0.3 is 19.5 Å². The van der Waals surface area contributed by atoms with Crippen molar-refractivity contribution < 1.29 is 14.2 Å². The van der Waals surface area contributed by atoms with E-state index in [0.29, 0.717) is 38.9 Å². The summed E-state index contributed by atoms with van der Waals surface area (Å²) in [7, 11) is 1.66. The fourth-order valence-electron chi connectivity index (χ4n) is 1.66. The van der Waals surface area contributed by atoms with Gasteiger partial charge in [-0.05, 0) is 11.1 Å².